The van der Waals surface area contributed by atoms with E-state index in [1.54, 1.807) is 7.11 Å². The number of hydrogen-bond acceptors (Lipinski definition) is 3. The summed E-state index contributed by atoms with van der Waals surface area (Å²) in [5.74, 6) is 0.874. The van der Waals surface area contributed by atoms with E-state index in [2.05, 4.69) is 28.4 Å². The van der Waals surface area contributed by atoms with Gasteiger partial charge in [-0.05, 0) is 24.1 Å². The van der Waals surface area contributed by atoms with Gasteiger partial charge in [0.2, 0.25) is 0 Å². The molecule has 0 bridgehead atoms. The van der Waals surface area contributed by atoms with Crippen molar-refractivity contribution >= 4 is 0 Å². The van der Waals surface area contributed by atoms with E-state index in [-0.39, 0.29) is 0 Å². The van der Waals surface area contributed by atoms with Gasteiger partial charge in [0.05, 0.1) is 18.5 Å². The molecule has 1 heterocycles. The van der Waals surface area contributed by atoms with Crippen LogP contribution in [-0.2, 0) is 12.8 Å². The molecule has 0 aliphatic carbocycles. The van der Waals surface area contributed by atoms with E-state index in [4.69, 9.17) is 4.74 Å². The van der Waals surface area contributed by atoms with Crippen molar-refractivity contribution in [2.45, 2.75) is 19.8 Å². The Labute approximate surface area is 94.6 Å². The lowest BCUT2D eigenvalue weighted by atomic mass is 10.1. The molecule has 4 heteroatoms. The van der Waals surface area contributed by atoms with E-state index in [1.807, 2.05) is 18.2 Å². The standard InChI is InChI=1S/C12H15N3O/c1-3-11-12(14-15-13-11)8-9-5-4-6-10(7-9)16-2/h4-7H,3,8H2,1-2H3,(H,13,14,15). The van der Waals surface area contributed by atoms with Crippen LogP contribution < -0.4 is 4.74 Å². The van der Waals surface area contributed by atoms with Crippen LogP contribution in [0.5, 0.6) is 5.75 Å². The SMILES string of the molecule is CCc1n[nH]nc1Cc1cccc(OC)c1. The second-order valence-electron chi connectivity index (χ2n) is 3.60. The molecule has 0 amide bonds. The number of ether oxygens (including phenoxy) is 1. The Bertz CT molecular complexity index is 465. The highest BCUT2D eigenvalue weighted by atomic mass is 16.5. The highest BCUT2D eigenvalue weighted by Crippen LogP contribution is 2.16. The van der Waals surface area contributed by atoms with Gasteiger partial charge in [0.1, 0.15) is 5.75 Å². The van der Waals surface area contributed by atoms with Gasteiger partial charge in [0, 0.05) is 6.42 Å². The summed E-state index contributed by atoms with van der Waals surface area (Å²) in [6.07, 6.45) is 1.69. The molecule has 0 atom stereocenters. The minimum Gasteiger partial charge on any atom is -0.497 e. The van der Waals surface area contributed by atoms with Crippen molar-refractivity contribution in [2.75, 3.05) is 7.11 Å². The average molecular weight is 217 g/mol. The Morgan fingerprint density at radius 3 is 2.81 bits per heavy atom. The molecule has 16 heavy (non-hydrogen) atoms. The number of aryl methyl sites for hydroxylation is 1. The summed E-state index contributed by atoms with van der Waals surface area (Å²) >= 11 is 0. The Kier molecular flexibility index (Phi) is 3.19. The van der Waals surface area contributed by atoms with E-state index in [1.165, 1.54) is 5.56 Å². The number of nitrogens with one attached hydrogen (secondary N) is 1. The molecule has 2 rings (SSSR count). The summed E-state index contributed by atoms with van der Waals surface area (Å²) < 4.78 is 5.19. The Hall–Kier alpha value is -1.84. The van der Waals surface area contributed by atoms with Gasteiger partial charge in [0.15, 0.2) is 0 Å². The molecule has 0 aliphatic rings. The van der Waals surface area contributed by atoms with Crippen molar-refractivity contribution in [3.05, 3.63) is 41.2 Å². The van der Waals surface area contributed by atoms with Crippen LogP contribution in [0.1, 0.15) is 23.9 Å². The molecule has 1 aromatic carbocycles. The third-order valence-corrected chi connectivity index (χ3v) is 2.54. The highest BCUT2D eigenvalue weighted by Gasteiger charge is 2.06. The van der Waals surface area contributed by atoms with Gasteiger partial charge in [-0.1, -0.05) is 19.1 Å². The second-order valence-corrected chi connectivity index (χ2v) is 3.60. The van der Waals surface area contributed by atoms with Gasteiger partial charge in [-0.2, -0.15) is 15.4 Å². The Morgan fingerprint density at radius 1 is 1.25 bits per heavy atom. The number of H-pyrrole nitrogens is 1. The lowest BCUT2D eigenvalue weighted by molar-refractivity contribution is 0.414. The van der Waals surface area contributed by atoms with Crippen LogP contribution >= 0.6 is 0 Å². The predicted molar refractivity (Wildman–Crippen MR) is 61.6 cm³/mol. The van der Waals surface area contributed by atoms with Crippen molar-refractivity contribution in [3.63, 3.8) is 0 Å². The highest BCUT2D eigenvalue weighted by molar-refractivity contribution is 5.31. The maximum Gasteiger partial charge on any atom is 0.119 e. The summed E-state index contributed by atoms with van der Waals surface area (Å²) in [4.78, 5) is 0. The first-order valence-corrected chi connectivity index (χ1v) is 5.35. The van der Waals surface area contributed by atoms with Crippen LogP contribution in [0.4, 0.5) is 0 Å². The molecular formula is C12H15N3O. The maximum atomic E-state index is 5.19. The molecule has 0 fully saturated rings. The second kappa shape index (κ2) is 4.79. The van der Waals surface area contributed by atoms with Crippen molar-refractivity contribution < 1.29 is 4.74 Å². The number of methoxy groups -OCH3 is 1. The van der Waals surface area contributed by atoms with Gasteiger partial charge in [0.25, 0.3) is 0 Å². The molecule has 0 unspecified atom stereocenters. The number of rotatable bonds is 4. The molecule has 2 aromatic rings. The van der Waals surface area contributed by atoms with Crippen molar-refractivity contribution in [2.24, 2.45) is 0 Å². The summed E-state index contributed by atoms with van der Waals surface area (Å²) in [6, 6.07) is 8.01. The molecule has 0 spiro atoms. The van der Waals surface area contributed by atoms with E-state index >= 15 is 0 Å². The first-order chi connectivity index (χ1) is 7.83. The van der Waals surface area contributed by atoms with Gasteiger partial charge >= 0.3 is 0 Å². The minimum absolute atomic E-state index is 0.789. The summed E-state index contributed by atoms with van der Waals surface area (Å²) in [6.45, 7) is 2.08. The van der Waals surface area contributed by atoms with E-state index in [0.29, 0.717) is 0 Å². The lowest BCUT2D eigenvalue weighted by Crippen LogP contribution is -1.94. The van der Waals surface area contributed by atoms with Crippen molar-refractivity contribution in [1.29, 1.82) is 0 Å². The zero-order valence-electron chi connectivity index (χ0n) is 9.53. The molecule has 4 nitrogen and oxygen atoms in total. The number of hydrogen-bond donors (Lipinski definition) is 1. The number of aromatic amines is 1. The minimum atomic E-state index is 0.789. The van der Waals surface area contributed by atoms with E-state index in [9.17, 15) is 0 Å². The quantitative estimate of drug-likeness (QED) is 0.851. The smallest absolute Gasteiger partial charge is 0.119 e. The van der Waals surface area contributed by atoms with Gasteiger partial charge < -0.3 is 4.74 Å². The first-order valence-electron chi connectivity index (χ1n) is 5.35. The number of benzene rings is 1. The van der Waals surface area contributed by atoms with Crippen molar-refractivity contribution in [3.8, 4) is 5.75 Å². The van der Waals surface area contributed by atoms with Gasteiger partial charge in [-0.3, -0.25) is 0 Å². The fraction of sp³-hybridized carbons (Fsp3) is 0.333. The predicted octanol–water partition coefficient (Wildman–Crippen LogP) is 1.97. The fourth-order valence-corrected chi connectivity index (χ4v) is 1.68. The topological polar surface area (TPSA) is 50.8 Å². The molecule has 84 valence electrons. The zero-order valence-corrected chi connectivity index (χ0v) is 9.53. The van der Waals surface area contributed by atoms with Crippen molar-refractivity contribution in [1.82, 2.24) is 15.4 Å². The Morgan fingerprint density at radius 2 is 2.06 bits per heavy atom. The van der Waals surface area contributed by atoms with Crippen LogP contribution in [0, 0.1) is 0 Å². The third-order valence-electron chi connectivity index (χ3n) is 2.54. The third kappa shape index (κ3) is 2.21. The molecule has 0 aliphatic heterocycles. The van der Waals surface area contributed by atoms with Crippen LogP contribution in [0.15, 0.2) is 24.3 Å². The normalized spacial score (nSPS) is 10.4. The summed E-state index contributed by atoms with van der Waals surface area (Å²) in [5, 5.41) is 10.9. The largest absolute Gasteiger partial charge is 0.497 e. The fourth-order valence-electron chi connectivity index (χ4n) is 1.68. The number of aromatic nitrogens is 3. The van der Waals surface area contributed by atoms with Gasteiger partial charge in [-0.15, -0.1) is 0 Å². The molecule has 0 radical (unpaired) electrons. The zero-order chi connectivity index (χ0) is 11.4. The maximum absolute atomic E-state index is 5.19. The van der Waals surface area contributed by atoms with E-state index < -0.39 is 0 Å². The molecule has 1 aromatic heterocycles. The lowest BCUT2D eigenvalue weighted by Gasteiger charge is -2.03. The van der Waals surface area contributed by atoms with Crippen LogP contribution in [-0.4, -0.2) is 22.5 Å². The van der Waals surface area contributed by atoms with Crippen LogP contribution in [0.3, 0.4) is 0 Å². The summed E-state index contributed by atoms with van der Waals surface area (Å²) in [7, 11) is 1.67. The molecule has 0 saturated heterocycles. The monoisotopic (exact) mass is 217 g/mol. The summed E-state index contributed by atoms with van der Waals surface area (Å²) in [5.41, 5.74) is 3.22. The van der Waals surface area contributed by atoms with Crippen LogP contribution in [0.2, 0.25) is 0 Å². The first kappa shape index (κ1) is 10.7. The van der Waals surface area contributed by atoms with E-state index in [0.717, 1.165) is 30.0 Å². The van der Waals surface area contributed by atoms with Gasteiger partial charge in [-0.25, -0.2) is 0 Å². The Balaban J connectivity index is 2.20. The van der Waals surface area contributed by atoms with Crippen LogP contribution in [0.25, 0.3) is 0 Å². The number of nitrogens with zero attached hydrogens (tertiary/aromatic N) is 2. The average Bonchev–Trinajstić information content (AvgIpc) is 2.76. The molecular weight excluding hydrogens is 202 g/mol. The molecule has 0 saturated carbocycles. The molecule has 1 N–H and O–H groups in total.